The number of carbonyl (C=O) groups excluding carboxylic acids is 1. The summed E-state index contributed by atoms with van der Waals surface area (Å²) in [5.41, 5.74) is 3.51. The molecule has 116 valence electrons. The zero-order valence-electron chi connectivity index (χ0n) is 12.4. The van der Waals surface area contributed by atoms with Gasteiger partial charge in [0.25, 0.3) is 5.91 Å². The van der Waals surface area contributed by atoms with Crippen LogP contribution in [0.1, 0.15) is 20.8 Å². The van der Waals surface area contributed by atoms with Crippen LogP contribution in [0.5, 0.6) is 0 Å². The molecule has 0 aliphatic carbocycles. The van der Waals surface area contributed by atoms with E-state index in [1.165, 1.54) is 0 Å². The third-order valence-electron chi connectivity index (χ3n) is 3.42. The number of halogens is 1. The smallest absolute Gasteiger partial charge is 0.265 e. The summed E-state index contributed by atoms with van der Waals surface area (Å²) in [5.74, 6) is -0.199. The Labute approximate surface area is 143 Å². The van der Waals surface area contributed by atoms with Crippen molar-refractivity contribution >= 4 is 29.0 Å². The van der Waals surface area contributed by atoms with Gasteiger partial charge < -0.3 is 5.32 Å². The van der Waals surface area contributed by atoms with E-state index < -0.39 is 0 Å². The van der Waals surface area contributed by atoms with Gasteiger partial charge in [-0.05, 0) is 30.1 Å². The lowest BCUT2D eigenvalue weighted by Crippen LogP contribution is -2.22. The molecule has 0 aliphatic rings. The monoisotopic (exact) mass is 343 g/mol. The van der Waals surface area contributed by atoms with Gasteiger partial charge in [0.05, 0.1) is 0 Å². The molecule has 0 saturated carbocycles. The van der Waals surface area contributed by atoms with Crippen LogP contribution in [0.25, 0.3) is 11.3 Å². The van der Waals surface area contributed by atoms with Crippen LogP contribution >= 0.6 is 23.1 Å². The summed E-state index contributed by atoms with van der Waals surface area (Å²) in [5, 5.41) is 7.60. The van der Waals surface area contributed by atoms with Crippen LogP contribution in [-0.4, -0.2) is 15.5 Å². The summed E-state index contributed by atoms with van der Waals surface area (Å²) < 4.78 is 3.92. The lowest BCUT2D eigenvalue weighted by atomic mass is 10.1. The van der Waals surface area contributed by atoms with Crippen molar-refractivity contribution in [2.45, 2.75) is 13.5 Å². The van der Waals surface area contributed by atoms with Gasteiger partial charge in [-0.25, -0.2) is 0 Å². The highest BCUT2D eigenvalue weighted by molar-refractivity contribution is 7.08. The second-order valence-corrected chi connectivity index (χ2v) is 6.25. The summed E-state index contributed by atoms with van der Waals surface area (Å²) in [6.07, 6.45) is 0. The first-order valence-corrected chi connectivity index (χ1v) is 8.21. The number of amides is 1. The molecule has 23 heavy (non-hydrogen) atoms. The minimum Gasteiger partial charge on any atom is -0.347 e. The summed E-state index contributed by atoms with van der Waals surface area (Å²) in [4.78, 5) is 12.9. The van der Waals surface area contributed by atoms with Crippen molar-refractivity contribution in [3.05, 3.63) is 69.6 Å². The predicted molar refractivity (Wildman–Crippen MR) is 92.7 cm³/mol. The van der Waals surface area contributed by atoms with Crippen LogP contribution < -0.4 is 5.32 Å². The Kier molecular flexibility index (Phi) is 4.69. The summed E-state index contributed by atoms with van der Waals surface area (Å²) in [6, 6.07) is 15.3. The molecule has 4 nitrogen and oxygen atoms in total. The second-order valence-electron chi connectivity index (χ2n) is 5.09. The lowest BCUT2D eigenvalue weighted by molar-refractivity contribution is 0.0955. The molecule has 0 unspecified atom stereocenters. The first kappa shape index (κ1) is 15.6. The summed E-state index contributed by atoms with van der Waals surface area (Å²) in [7, 11) is 0. The lowest BCUT2D eigenvalue weighted by Gasteiger charge is -2.06. The number of hydrogen-bond acceptors (Lipinski definition) is 4. The standard InChI is InChI=1S/C17H14ClN3OS/c1-11-6-8-12(9-7-11)15-16(23-21-20-15)17(22)19-10-13-4-2-3-5-14(13)18/h2-9H,10H2,1H3,(H,19,22). The normalized spacial score (nSPS) is 10.5. The molecule has 2 aromatic carbocycles. The molecule has 3 aromatic rings. The molecule has 3 rings (SSSR count). The number of carbonyl (C=O) groups is 1. The number of benzene rings is 2. The van der Waals surface area contributed by atoms with Gasteiger partial charge in [0, 0.05) is 17.1 Å². The van der Waals surface area contributed by atoms with Crippen LogP contribution in [0.3, 0.4) is 0 Å². The number of aromatic nitrogens is 2. The van der Waals surface area contributed by atoms with Crippen molar-refractivity contribution in [2.24, 2.45) is 0 Å². The second kappa shape index (κ2) is 6.89. The Balaban J connectivity index is 1.77. The van der Waals surface area contributed by atoms with Gasteiger partial charge in [-0.15, -0.1) is 5.10 Å². The predicted octanol–water partition coefficient (Wildman–Crippen LogP) is 4.10. The molecule has 6 heteroatoms. The topological polar surface area (TPSA) is 54.9 Å². The van der Waals surface area contributed by atoms with Gasteiger partial charge in [0.1, 0.15) is 10.6 Å². The van der Waals surface area contributed by atoms with Crippen LogP contribution in [0.4, 0.5) is 0 Å². The van der Waals surface area contributed by atoms with Crippen LogP contribution in [0, 0.1) is 6.92 Å². The van der Waals surface area contributed by atoms with Crippen molar-refractivity contribution in [1.82, 2.24) is 14.9 Å². The summed E-state index contributed by atoms with van der Waals surface area (Å²) >= 11 is 7.19. The molecule has 0 saturated heterocycles. The molecule has 1 amide bonds. The van der Waals surface area contributed by atoms with Crippen molar-refractivity contribution in [1.29, 1.82) is 0 Å². The molecule has 1 heterocycles. The van der Waals surface area contributed by atoms with Gasteiger partial charge in [-0.2, -0.15) is 0 Å². The highest BCUT2D eigenvalue weighted by Crippen LogP contribution is 2.24. The number of nitrogens with one attached hydrogen (secondary N) is 1. The van der Waals surface area contributed by atoms with E-state index in [4.69, 9.17) is 11.6 Å². The zero-order chi connectivity index (χ0) is 16.2. The maximum Gasteiger partial charge on any atom is 0.265 e. The number of rotatable bonds is 4. The van der Waals surface area contributed by atoms with E-state index >= 15 is 0 Å². The fraction of sp³-hybridized carbons (Fsp3) is 0.118. The Hall–Kier alpha value is -2.24. The third kappa shape index (κ3) is 3.57. The average Bonchev–Trinajstić information content (AvgIpc) is 3.04. The number of nitrogens with zero attached hydrogens (tertiary/aromatic N) is 2. The van der Waals surface area contributed by atoms with E-state index in [0.29, 0.717) is 22.1 Å². The molecular weight excluding hydrogens is 330 g/mol. The van der Waals surface area contributed by atoms with Crippen molar-refractivity contribution in [3.8, 4) is 11.3 Å². The molecule has 0 aliphatic heterocycles. The van der Waals surface area contributed by atoms with Crippen LogP contribution in [-0.2, 0) is 6.54 Å². The highest BCUT2D eigenvalue weighted by Gasteiger charge is 2.17. The molecule has 0 atom stereocenters. The van der Waals surface area contributed by atoms with E-state index in [1.54, 1.807) is 6.07 Å². The van der Waals surface area contributed by atoms with Gasteiger partial charge in [0.2, 0.25) is 0 Å². The largest absolute Gasteiger partial charge is 0.347 e. The first-order valence-electron chi connectivity index (χ1n) is 7.06. The fourth-order valence-corrected chi connectivity index (χ4v) is 2.94. The first-order chi connectivity index (χ1) is 11.1. The Bertz CT molecular complexity index is 830. The van der Waals surface area contributed by atoms with E-state index in [0.717, 1.165) is 28.2 Å². The Morgan fingerprint density at radius 2 is 1.91 bits per heavy atom. The van der Waals surface area contributed by atoms with Crippen molar-refractivity contribution < 1.29 is 4.79 Å². The Morgan fingerprint density at radius 3 is 2.65 bits per heavy atom. The maximum atomic E-state index is 12.4. The fourth-order valence-electron chi connectivity index (χ4n) is 2.14. The summed E-state index contributed by atoms with van der Waals surface area (Å²) in [6.45, 7) is 2.38. The van der Waals surface area contributed by atoms with Crippen LogP contribution in [0.15, 0.2) is 48.5 Å². The minimum atomic E-state index is -0.199. The molecule has 0 fully saturated rings. The molecule has 0 spiro atoms. The molecule has 1 N–H and O–H groups in total. The quantitative estimate of drug-likeness (QED) is 0.776. The Morgan fingerprint density at radius 1 is 1.17 bits per heavy atom. The van der Waals surface area contributed by atoms with Crippen molar-refractivity contribution in [3.63, 3.8) is 0 Å². The average molecular weight is 344 g/mol. The minimum absolute atomic E-state index is 0.199. The third-order valence-corrected chi connectivity index (χ3v) is 4.51. The van der Waals surface area contributed by atoms with Gasteiger partial charge in [-0.1, -0.05) is 64.1 Å². The van der Waals surface area contributed by atoms with Crippen molar-refractivity contribution in [2.75, 3.05) is 0 Å². The highest BCUT2D eigenvalue weighted by atomic mass is 35.5. The molecule has 0 bridgehead atoms. The SMILES string of the molecule is Cc1ccc(-c2nnsc2C(=O)NCc2ccccc2Cl)cc1. The molecular formula is C17H14ClN3OS. The van der Waals surface area contributed by atoms with E-state index in [9.17, 15) is 4.79 Å². The molecule has 1 aromatic heterocycles. The van der Waals surface area contributed by atoms with Gasteiger partial charge in [0.15, 0.2) is 0 Å². The van der Waals surface area contributed by atoms with E-state index in [2.05, 4.69) is 14.9 Å². The number of hydrogen-bond donors (Lipinski definition) is 1. The number of aryl methyl sites for hydroxylation is 1. The van der Waals surface area contributed by atoms with Gasteiger partial charge >= 0.3 is 0 Å². The van der Waals surface area contributed by atoms with E-state index in [-0.39, 0.29) is 5.91 Å². The zero-order valence-corrected chi connectivity index (χ0v) is 14.0. The van der Waals surface area contributed by atoms with E-state index in [1.807, 2.05) is 49.4 Å². The van der Waals surface area contributed by atoms with Gasteiger partial charge in [-0.3, -0.25) is 4.79 Å². The van der Waals surface area contributed by atoms with Crippen LogP contribution in [0.2, 0.25) is 5.02 Å². The molecule has 0 radical (unpaired) electrons. The maximum absolute atomic E-state index is 12.4.